The number of likely N-dealkylation sites (tertiary alicyclic amines) is 1. The Morgan fingerprint density at radius 3 is 2.65 bits per heavy atom. The number of aryl methyl sites for hydroxylation is 1. The van der Waals surface area contributed by atoms with Crippen molar-refractivity contribution in [2.45, 2.75) is 64.2 Å². The topological polar surface area (TPSA) is 110 Å². The molecule has 2 fully saturated rings. The molecule has 5 atom stereocenters. The number of anilines is 1. The van der Waals surface area contributed by atoms with Crippen molar-refractivity contribution in [1.82, 2.24) is 9.62 Å². The van der Waals surface area contributed by atoms with Gasteiger partial charge in [-0.15, -0.1) is 4.36 Å². The van der Waals surface area contributed by atoms with Gasteiger partial charge in [-0.05, 0) is 97.7 Å². The number of ether oxygens (including phenoxy) is 3. The van der Waals surface area contributed by atoms with Gasteiger partial charge in [0.2, 0.25) is 0 Å². The molecule has 1 aliphatic carbocycles. The van der Waals surface area contributed by atoms with Crippen LogP contribution in [0.2, 0.25) is 5.02 Å². The molecule has 0 spiro atoms. The van der Waals surface area contributed by atoms with Gasteiger partial charge in [0.15, 0.2) is 0 Å². The standard InChI is InChI=1S/C36H47ClN4O6S/c1-24-7-6-9-33(46-3)31-14-11-28(31)20-40-19-27-10-13-29(37)17-25(27)8-4-5-16-47-34-15-12-26(18-32(34)40)35(42)38-48(44,23-24)39-36(43)41-21-30(22-41)45-2/h6,9-10,12-13,15,17-18,24,28,30-31,33H,4-5,7-8,11,14,16,19-23H2,1-3H3,(H,38,39,42,43,44)/b9-6+/t24-,28-,31+,33-,48?/m0/s1. The number of halogens is 1. The average molecular weight is 699 g/mol. The fourth-order valence-corrected chi connectivity index (χ4v) is 9.21. The van der Waals surface area contributed by atoms with Crippen LogP contribution in [0.4, 0.5) is 10.5 Å². The van der Waals surface area contributed by atoms with Crippen LogP contribution in [0.1, 0.15) is 60.5 Å². The van der Waals surface area contributed by atoms with Gasteiger partial charge in [-0.25, -0.2) is 9.00 Å². The Balaban J connectivity index is 1.42. The number of nitrogens with zero attached hydrogens (tertiary/aromatic N) is 3. The third-order valence-electron chi connectivity index (χ3n) is 10.1. The molecule has 48 heavy (non-hydrogen) atoms. The van der Waals surface area contributed by atoms with Crippen molar-refractivity contribution in [1.29, 1.82) is 0 Å². The van der Waals surface area contributed by atoms with Crippen LogP contribution < -0.4 is 14.4 Å². The van der Waals surface area contributed by atoms with Crippen LogP contribution in [0.3, 0.4) is 0 Å². The first kappa shape index (κ1) is 34.7. The number of hydrogen-bond donors (Lipinski definition) is 1. The highest BCUT2D eigenvalue weighted by Crippen LogP contribution is 2.42. The molecular formula is C36H47ClN4O6S. The molecule has 3 amide bonds. The fraction of sp³-hybridized carbons (Fsp3) is 0.556. The van der Waals surface area contributed by atoms with Gasteiger partial charge in [0.1, 0.15) is 15.7 Å². The number of carbonyl (C=O) groups is 2. The highest BCUT2D eigenvalue weighted by atomic mass is 35.5. The Hall–Kier alpha value is -3.12. The van der Waals surface area contributed by atoms with Crippen LogP contribution in [-0.2, 0) is 32.4 Å². The minimum atomic E-state index is -3.47. The van der Waals surface area contributed by atoms with Gasteiger partial charge in [0.05, 0.1) is 43.3 Å². The lowest BCUT2D eigenvalue weighted by molar-refractivity contribution is -0.00645. The zero-order chi connectivity index (χ0) is 33.8. The van der Waals surface area contributed by atoms with Gasteiger partial charge in [-0.1, -0.05) is 36.7 Å². The van der Waals surface area contributed by atoms with Crippen LogP contribution >= 0.6 is 11.6 Å². The number of fused-ring (bicyclic) bond motifs is 3. The molecule has 1 N–H and O–H groups in total. The first-order valence-corrected chi connectivity index (χ1v) is 19.1. The predicted molar refractivity (Wildman–Crippen MR) is 188 cm³/mol. The largest absolute Gasteiger partial charge is 0.491 e. The third kappa shape index (κ3) is 8.01. The predicted octanol–water partition coefficient (Wildman–Crippen LogP) is 6.26. The van der Waals surface area contributed by atoms with Crippen LogP contribution in [0.5, 0.6) is 5.75 Å². The molecule has 0 radical (unpaired) electrons. The van der Waals surface area contributed by atoms with Gasteiger partial charge in [0.25, 0.3) is 5.91 Å². The fourth-order valence-electron chi connectivity index (χ4n) is 7.13. The Labute approximate surface area is 289 Å². The van der Waals surface area contributed by atoms with Crippen molar-refractivity contribution in [3.63, 3.8) is 0 Å². The number of allylic oxidation sites excluding steroid dienone is 1. The second kappa shape index (κ2) is 15.2. The molecule has 2 aromatic carbocycles. The summed E-state index contributed by atoms with van der Waals surface area (Å²) in [5.74, 6) is 0.658. The molecule has 10 nitrogen and oxygen atoms in total. The van der Waals surface area contributed by atoms with Gasteiger partial charge in [0, 0.05) is 37.9 Å². The monoisotopic (exact) mass is 698 g/mol. The van der Waals surface area contributed by atoms with Gasteiger partial charge >= 0.3 is 6.03 Å². The van der Waals surface area contributed by atoms with E-state index < -0.39 is 21.9 Å². The number of methoxy groups -OCH3 is 2. The third-order valence-corrected chi connectivity index (χ3v) is 12.3. The normalized spacial score (nSPS) is 29.0. The summed E-state index contributed by atoms with van der Waals surface area (Å²) in [6.45, 7) is 4.62. The Morgan fingerprint density at radius 2 is 1.90 bits per heavy atom. The zero-order valence-electron chi connectivity index (χ0n) is 28.1. The lowest BCUT2D eigenvalue weighted by atomic mass is 9.70. The number of nitrogens with one attached hydrogen (secondary N) is 1. The number of carbonyl (C=O) groups excluding carboxylic acids is 2. The molecule has 2 aromatic rings. The van der Waals surface area contributed by atoms with Crippen LogP contribution in [0.25, 0.3) is 0 Å². The maximum Gasteiger partial charge on any atom is 0.330 e. The Bertz CT molecular complexity index is 1650. The summed E-state index contributed by atoms with van der Waals surface area (Å²) in [4.78, 5) is 30.8. The SMILES string of the molecule is COC1CN(C(=O)NS2(=O)=NC(=O)c3ccc4c(c3)N(Cc3ccc(Cl)cc3CCCCO4)C[C@@H]3CC[C@H]3[C@@H](OC)/C=C/C[C@H](C)C2)C1. The molecule has 3 aliphatic heterocycles. The van der Waals surface area contributed by atoms with Gasteiger partial charge in [-0.3, -0.25) is 9.52 Å². The molecule has 6 rings (SSSR count). The van der Waals surface area contributed by atoms with E-state index in [-0.39, 0.29) is 23.9 Å². The highest BCUT2D eigenvalue weighted by molar-refractivity contribution is 7.92. The molecule has 3 heterocycles. The molecule has 260 valence electrons. The first-order chi connectivity index (χ1) is 23.1. The summed E-state index contributed by atoms with van der Waals surface area (Å²) < 4.78 is 38.9. The second-order valence-electron chi connectivity index (χ2n) is 13.6. The van der Waals surface area contributed by atoms with Crippen molar-refractivity contribution < 1.29 is 28.0 Å². The molecule has 1 saturated carbocycles. The summed E-state index contributed by atoms with van der Waals surface area (Å²) in [5, 5.41) is 0.717. The van der Waals surface area contributed by atoms with E-state index in [1.807, 2.05) is 25.1 Å². The van der Waals surface area contributed by atoms with E-state index in [4.69, 9.17) is 25.8 Å². The van der Waals surface area contributed by atoms with E-state index in [9.17, 15) is 13.8 Å². The summed E-state index contributed by atoms with van der Waals surface area (Å²) in [5.41, 5.74) is 3.48. The minimum Gasteiger partial charge on any atom is -0.491 e. The smallest absolute Gasteiger partial charge is 0.330 e. The highest BCUT2D eigenvalue weighted by Gasteiger charge is 2.38. The summed E-state index contributed by atoms with van der Waals surface area (Å²) in [6, 6.07) is 10.9. The van der Waals surface area contributed by atoms with Crippen molar-refractivity contribution in [3.8, 4) is 5.75 Å². The van der Waals surface area contributed by atoms with Crippen LogP contribution in [0.15, 0.2) is 52.9 Å². The van der Waals surface area contributed by atoms with E-state index in [0.29, 0.717) is 60.8 Å². The van der Waals surface area contributed by atoms with E-state index in [1.165, 1.54) is 16.0 Å². The lowest BCUT2D eigenvalue weighted by Gasteiger charge is -2.43. The Kier molecular flexibility index (Phi) is 11.0. The maximum absolute atomic E-state index is 14.4. The number of amides is 3. The summed E-state index contributed by atoms with van der Waals surface area (Å²) >= 11 is 6.45. The van der Waals surface area contributed by atoms with Gasteiger partial charge in [-0.2, -0.15) is 0 Å². The van der Waals surface area contributed by atoms with Crippen molar-refractivity contribution >= 4 is 39.1 Å². The number of hydrogen-bond acceptors (Lipinski definition) is 7. The second-order valence-corrected chi connectivity index (χ2v) is 16.1. The molecular weight excluding hydrogens is 652 g/mol. The lowest BCUT2D eigenvalue weighted by Crippen LogP contribution is -2.58. The first-order valence-electron chi connectivity index (χ1n) is 17.0. The molecule has 1 unspecified atom stereocenters. The van der Waals surface area contributed by atoms with E-state index in [2.05, 4.69) is 38.3 Å². The number of benzene rings is 2. The Morgan fingerprint density at radius 1 is 1.06 bits per heavy atom. The molecule has 12 heteroatoms. The minimum absolute atomic E-state index is 0.0274. The van der Waals surface area contributed by atoms with Crippen molar-refractivity contribution in [2.24, 2.45) is 22.1 Å². The van der Waals surface area contributed by atoms with Crippen molar-refractivity contribution in [3.05, 3.63) is 70.3 Å². The maximum atomic E-state index is 14.4. The van der Waals surface area contributed by atoms with E-state index >= 15 is 0 Å². The quantitative estimate of drug-likeness (QED) is 0.377. The number of urea groups is 1. The zero-order valence-corrected chi connectivity index (χ0v) is 29.6. The summed E-state index contributed by atoms with van der Waals surface area (Å²) in [6.07, 6.45) is 9.54. The van der Waals surface area contributed by atoms with E-state index in [0.717, 1.165) is 44.3 Å². The number of rotatable bonds is 3. The molecule has 4 aliphatic rings. The van der Waals surface area contributed by atoms with Crippen molar-refractivity contribution in [2.75, 3.05) is 51.1 Å². The molecule has 1 saturated heterocycles. The molecule has 0 aromatic heterocycles. The van der Waals surface area contributed by atoms with Gasteiger partial charge < -0.3 is 24.0 Å². The van der Waals surface area contributed by atoms with Crippen LogP contribution in [-0.4, -0.2) is 79.5 Å². The van der Waals surface area contributed by atoms with E-state index in [1.54, 1.807) is 20.3 Å². The average Bonchev–Trinajstić information content (AvgIpc) is 3.04. The summed E-state index contributed by atoms with van der Waals surface area (Å²) in [7, 11) is -0.122. The van der Waals surface area contributed by atoms with Crippen LogP contribution in [0, 0.1) is 17.8 Å². The molecule has 2 bridgehead atoms.